The normalized spacial score (nSPS) is 13.3. The molecule has 2 aromatic rings. The Balaban J connectivity index is 1.90. The number of benzene rings is 1. The van der Waals surface area contributed by atoms with Gasteiger partial charge in [0, 0.05) is 11.6 Å². The van der Waals surface area contributed by atoms with Crippen molar-refractivity contribution in [2.45, 2.75) is 16.7 Å². The van der Waals surface area contributed by atoms with Gasteiger partial charge in [0.05, 0.1) is 6.10 Å². The van der Waals surface area contributed by atoms with E-state index < -0.39 is 16.1 Å². The molecule has 1 unspecified atom stereocenters. The Morgan fingerprint density at radius 1 is 1.30 bits per heavy atom. The zero-order valence-corrected chi connectivity index (χ0v) is 12.9. The topological polar surface area (TPSA) is 66.4 Å². The molecule has 0 aliphatic carbocycles. The van der Waals surface area contributed by atoms with Crippen molar-refractivity contribution >= 4 is 33.0 Å². The van der Waals surface area contributed by atoms with Crippen LogP contribution in [0.25, 0.3) is 0 Å². The second kappa shape index (κ2) is 6.69. The molecule has 1 aromatic heterocycles. The summed E-state index contributed by atoms with van der Waals surface area (Å²) in [5.74, 6) is 0. The summed E-state index contributed by atoms with van der Waals surface area (Å²) in [7, 11) is -3.47. The van der Waals surface area contributed by atoms with Crippen LogP contribution < -0.4 is 4.72 Å². The average Bonchev–Trinajstić information content (AvgIpc) is 2.93. The van der Waals surface area contributed by atoms with Gasteiger partial charge in [-0.25, -0.2) is 13.1 Å². The number of aliphatic hydroxyl groups excluding tert-OH is 1. The van der Waals surface area contributed by atoms with Gasteiger partial charge in [0.2, 0.25) is 10.0 Å². The molecular formula is C13H14ClNO3S2. The monoisotopic (exact) mass is 331 g/mol. The highest BCUT2D eigenvalue weighted by atomic mass is 35.5. The summed E-state index contributed by atoms with van der Waals surface area (Å²) in [6, 6.07) is 10.1. The van der Waals surface area contributed by atoms with Crippen LogP contribution in [0, 0.1) is 0 Å². The van der Waals surface area contributed by atoms with Crippen LogP contribution in [-0.2, 0) is 10.0 Å². The summed E-state index contributed by atoms with van der Waals surface area (Å²) < 4.78 is 26.5. The van der Waals surface area contributed by atoms with E-state index in [1.165, 1.54) is 0 Å². The first kappa shape index (κ1) is 15.5. The second-order valence-corrected chi connectivity index (χ2v) is 7.57. The van der Waals surface area contributed by atoms with E-state index >= 15 is 0 Å². The highest BCUT2D eigenvalue weighted by Crippen LogP contribution is 2.20. The van der Waals surface area contributed by atoms with Crippen molar-refractivity contribution < 1.29 is 13.5 Å². The molecule has 0 fully saturated rings. The van der Waals surface area contributed by atoms with Gasteiger partial charge in [0.1, 0.15) is 4.21 Å². The van der Waals surface area contributed by atoms with E-state index in [9.17, 15) is 13.5 Å². The van der Waals surface area contributed by atoms with E-state index in [4.69, 9.17) is 11.6 Å². The fourth-order valence-electron chi connectivity index (χ4n) is 1.70. The van der Waals surface area contributed by atoms with Crippen LogP contribution in [0.15, 0.2) is 46.0 Å². The van der Waals surface area contributed by atoms with Gasteiger partial charge in [-0.1, -0.05) is 29.8 Å². The zero-order chi connectivity index (χ0) is 14.6. The van der Waals surface area contributed by atoms with E-state index in [-0.39, 0.29) is 17.2 Å². The Kier molecular flexibility index (Phi) is 5.17. The third-order valence-corrected chi connectivity index (χ3v) is 5.80. The molecule has 20 heavy (non-hydrogen) atoms. The molecule has 2 N–H and O–H groups in total. The number of rotatable bonds is 6. The number of hydrogen-bond acceptors (Lipinski definition) is 4. The molecule has 0 radical (unpaired) electrons. The van der Waals surface area contributed by atoms with E-state index in [2.05, 4.69) is 4.72 Å². The molecule has 1 aromatic carbocycles. The Labute approximate surface area is 127 Å². The predicted octanol–water partition coefficient (Wildman–Crippen LogP) is 2.80. The van der Waals surface area contributed by atoms with E-state index in [0.29, 0.717) is 10.6 Å². The number of thiophene rings is 1. The van der Waals surface area contributed by atoms with Crippen molar-refractivity contribution in [2.24, 2.45) is 0 Å². The first-order valence-corrected chi connectivity index (χ1v) is 8.70. The van der Waals surface area contributed by atoms with Gasteiger partial charge < -0.3 is 5.11 Å². The molecule has 1 heterocycles. The lowest BCUT2D eigenvalue weighted by Crippen LogP contribution is -2.25. The summed E-state index contributed by atoms with van der Waals surface area (Å²) in [5, 5.41) is 12.2. The average molecular weight is 332 g/mol. The van der Waals surface area contributed by atoms with Crippen molar-refractivity contribution in [3.05, 3.63) is 52.4 Å². The van der Waals surface area contributed by atoms with E-state index in [1.807, 2.05) is 0 Å². The van der Waals surface area contributed by atoms with Gasteiger partial charge in [-0.3, -0.25) is 0 Å². The minimum absolute atomic E-state index is 0.161. The van der Waals surface area contributed by atoms with Gasteiger partial charge in [0.25, 0.3) is 0 Å². The molecular weight excluding hydrogens is 318 g/mol. The second-order valence-electron chi connectivity index (χ2n) is 4.19. The Hall–Kier alpha value is -0.920. The van der Waals surface area contributed by atoms with Crippen molar-refractivity contribution in [1.82, 2.24) is 4.72 Å². The highest BCUT2D eigenvalue weighted by molar-refractivity contribution is 7.91. The standard InChI is InChI=1S/C13H14ClNO3S2/c14-11-4-1-3-10(9-11)12(16)6-7-15-20(17,18)13-5-2-8-19-13/h1-5,8-9,12,15-16H,6-7H2. The minimum atomic E-state index is -3.47. The van der Waals surface area contributed by atoms with Crippen LogP contribution in [0.4, 0.5) is 0 Å². The highest BCUT2D eigenvalue weighted by Gasteiger charge is 2.15. The molecule has 2 rings (SSSR count). The number of halogens is 1. The Bertz CT molecular complexity index is 656. The first-order chi connectivity index (χ1) is 9.49. The molecule has 0 bridgehead atoms. The van der Waals surface area contributed by atoms with Crippen LogP contribution in [0.2, 0.25) is 5.02 Å². The molecule has 0 amide bonds. The molecule has 0 aliphatic heterocycles. The fourth-order valence-corrected chi connectivity index (χ4v) is 3.98. The minimum Gasteiger partial charge on any atom is -0.388 e. The van der Waals surface area contributed by atoms with Crippen molar-refractivity contribution in [3.8, 4) is 0 Å². The lowest BCUT2D eigenvalue weighted by molar-refractivity contribution is 0.169. The van der Waals surface area contributed by atoms with Crippen LogP contribution in [-0.4, -0.2) is 20.1 Å². The van der Waals surface area contributed by atoms with Crippen LogP contribution in [0.5, 0.6) is 0 Å². The summed E-state index contributed by atoms with van der Waals surface area (Å²) in [5.41, 5.74) is 0.674. The van der Waals surface area contributed by atoms with Gasteiger partial charge in [0.15, 0.2) is 0 Å². The van der Waals surface area contributed by atoms with Crippen molar-refractivity contribution in [3.63, 3.8) is 0 Å². The molecule has 0 saturated heterocycles. The van der Waals surface area contributed by atoms with Crippen LogP contribution in [0.1, 0.15) is 18.1 Å². The molecule has 0 saturated carbocycles. The SMILES string of the molecule is O=S(=O)(NCCC(O)c1cccc(Cl)c1)c1cccs1. The predicted molar refractivity (Wildman–Crippen MR) is 80.5 cm³/mol. The summed E-state index contributed by atoms with van der Waals surface area (Å²) in [6.45, 7) is 0.161. The summed E-state index contributed by atoms with van der Waals surface area (Å²) >= 11 is 7.00. The molecule has 1 atom stereocenters. The molecule has 108 valence electrons. The van der Waals surface area contributed by atoms with Gasteiger partial charge in [-0.2, -0.15) is 0 Å². The van der Waals surface area contributed by atoms with E-state index in [0.717, 1.165) is 11.3 Å². The summed E-state index contributed by atoms with van der Waals surface area (Å²) in [4.78, 5) is 0. The molecule has 0 spiro atoms. The summed E-state index contributed by atoms with van der Waals surface area (Å²) in [6.07, 6.45) is -0.468. The number of hydrogen-bond donors (Lipinski definition) is 2. The Morgan fingerprint density at radius 2 is 2.10 bits per heavy atom. The number of sulfonamides is 1. The number of nitrogens with one attached hydrogen (secondary N) is 1. The molecule has 7 heteroatoms. The van der Waals surface area contributed by atoms with Gasteiger partial charge in [-0.15, -0.1) is 11.3 Å². The Morgan fingerprint density at radius 3 is 2.75 bits per heavy atom. The first-order valence-electron chi connectivity index (χ1n) is 5.96. The zero-order valence-electron chi connectivity index (χ0n) is 10.5. The maximum atomic E-state index is 11.9. The lowest BCUT2D eigenvalue weighted by Gasteiger charge is -2.11. The van der Waals surface area contributed by atoms with Crippen LogP contribution in [0.3, 0.4) is 0 Å². The third-order valence-electron chi connectivity index (χ3n) is 2.70. The van der Waals surface area contributed by atoms with Gasteiger partial charge >= 0.3 is 0 Å². The maximum Gasteiger partial charge on any atom is 0.250 e. The maximum absolute atomic E-state index is 11.9. The van der Waals surface area contributed by atoms with Gasteiger partial charge in [-0.05, 0) is 35.6 Å². The van der Waals surface area contributed by atoms with E-state index in [1.54, 1.807) is 41.8 Å². The lowest BCUT2D eigenvalue weighted by atomic mass is 10.1. The third kappa shape index (κ3) is 4.04. The van der Waals surface area contributed by atoms with Crippen molar-refractivity contribution in [1.29, 1.82) is 0 Å². The smallest absolute Gasteiger partial charge is 0.250 e. The van der Waals surface area contributed by atoms with Crippen LogP contribution >= 0.6 is 22.9 Å². The largest absolute Gasteiger partial charge is 0.388 e. The quantitative estimate of drug-likeness (QED) is 0.855. The molecule has 4 nitrogen and oxygen atoms in total. The fraction of sp³-hybridized carbons (Fsp3) is 0.231. The molecule has 0 aliphatic rings. The number of aliphatic hydroxyl groups is 1. The van der Waals surface area contributed by atoms with Crippen molar-refractivity contribution in [2.75, 3.05) is 6.54 Å².